The summed E-state index contributed by atoms with van der Waals surface area (Å²) in [6.07, 6.45) is 0. The second kappa shape index (κ2) is 17.2. The van der Waals surface area contributed by atoms with Gasteiger partial charge in [0.05, 0.1) is 16.7 Å². The molecule has 4 aromatic rings. The smallest absolute Gasteiger partial charge is 0.339 e. The zero-order valence-corrected chi connectivity index (χ0v) is 30.4. The fourth-order valence-electron chi connectivity index (χ4n) is 5.43. The van der Waals surface area contributed by atoms with Crippen LogP contribution in [0.3, 0.4) is 0 Å². The molecule has 54 heavy (non-hydrogen) atoms. The molecule has 276 valence electrons. The topological polar surface area (TPSA) is 181 Å². The monoisotopic (exact) mass is 732 g/mol. The number of carbonyl (C=O) groups is 9. The van der Waals surface area contributed by atoms with E-state index in [-0.39, 0.29) is 85.8 Å². The van der Waals surface area contributed by atoms with Gasteiger partial charge < -0.3 is 14.2 Å². The van der Waals surface area contributed by atoms with Crippen molar-refractivity contribution in [3.8, 4) is 0 Å². The van der Waals surface area contributed by atoms with E-state index < -0.39 is 36.7 Å². The van der Waals surface area contributed by atoms with Gasteiger partial charge in [0, 0.05) is 50.1 Å². The average Bonchev–Trinajstić information content (AvgIpc) is 3.14. The molecule has 0 radical (unpaired) electrons. The summed E-state index contributed by atoms with van der Waals surface area (Å²) in [7, 11) is 0. The fraction of sp³-hybridized carbons (Fsp3) is 0.214. The van der Waals surface area contributed by atoms with E-state index in [1.165, 1.54) is 102 Å². The molecular weight excluding hydrogens is 696 g/mol. The Morgan fingerprint density at radius 2 is 0.630 bits per heavy atom. The Morgan fingerprint density at radius 3 is 0.963 bits per heavy atom. The first-order valence-corrected chi connectivity index (χ1v) is 16.6. The Morgan fingerprint density at radius 1 is 0.333 bits per heavy atom. The van der Waals surface area contributed by atoms with Gasteiger partial charge in [-0.05, 0) is 77.9 Å². The molecule has 12 heteroatoms. The number of benzene rings is 4. The third-order valence-electron chi connectivity index (χ3n) is 8.46. The molecule has 0 fully saturated rings. The van der Waals surface area contributed by atoms with Crippen LogP contribution in [-0.4, -0.2) is 52.6 Å². The van der Waals surface area contributed by atoms with Gasteiger partial charge in [-0.25, -0.2) is 14.4 Å². The van der Waals surface area contributed by atoms with E-state index >= 15 is 0 Å². The molecule has 0 atom stereocenters. The van der Waals surface area contributed by atoms with Gasteiger partial charge in [0.25, 0.3) is 0 Å². The van der Waals surface area contributed by atoms with Gasteiger partial charge in [0.1, 0.15) is 19.8 Å². The highest BCUT2D eigenvalue weighted by atomic mass is 16.5. The van der Waals surface area contributed by atoms with Crippen LogP contribution in [0.4, 0.5) is 0 Å². The normalized spacial score (nSPS) is 10.6. The van der Waals surface area contributed by atoms with Crippen LogP contribution in [0.5, 0.6) is 0 Å². The number of hydrogen-bond acceptors (Lipinski definition) is 12. The molecular formula is C42H36O12. The SMILES string of the molecule is CC(=O)c1ccc(COC(=O)c2ccc(C(=O)OCc3ccc(C(C)=O)cc3C(C)=O)c(C(=O)OCc3ccc(C(C)=O)cc3C(C)=O)c2)c(C(C)=O)c1. The minimum Gasteiger partial charge on any atom is -0.457 e. The zero-order valence-electron chi connectivity index (χ0n) is 30.4. The van der Waals surface area contributed by atoms with Gasteiger partial charge in [-0.2, -0.15) is 0 Å². The Balaban J connectivity index is 1.65. The first-order chi connectivity index (χ1) is 25.5. The standard InChI is InChI=1S/C42H36O12/c1-22(43)28-7-10-32(36(15-28)25(4)46)19-52-40(49)31-13-14-35(41(50)53-20-33-11-8-29(23(2)44)16-37(33)26(5)47)39(18-31)42(51)54-21-34-12-9-30(24(3)45)17-38(34)27(6)48/h7-18H,19-21H2,1-6H3. The van der Waals surface area contributed by atoms with E-state index in [2.05, 4.69) is 0 Å². The number of carbonyl (C=O) groups excluding carboxylic acids is 9. The number of rotatable bonds is 15. The Hall–Kier alpha value is -6.69. The van der Waals surface area contributed by atoms with Crippen LogP contribution in [-0.2, 0) is 34.0 Å². The van der Waals surface area contributed by atoms with Gasteiger partial charge in [0.15, 0.2) is 34.7 Å². The van der Waals surface area contributed by atoms with Crippen molar-refractivity contribution >= 4 is 52.6 Å². The Bertz CT molecular complexity index is 2260. The highest BCUT2D eigenvalue weighted by Gasteiger charge is 2.24. The third-order valence-corrected chi connectivity index (χ3v) is 8.46. The van der Waals surface area contributed by atoms with Gasteiger partial charge >= 0.3 is 17.9 Å². The number of hydrogen-bond donors (Lipinski definition) is 0. The summed E-state index contributed by atoms with van der Waals surface area (Å²) in [5, 5.41) is 0. The predicted octanol–water partition coefficient (Wildman–Crippen LogP) is 6.97. The quantitative estimate of drug-likeness (QED) is 0.0696. The third kappa shape index (κ3) is 9.59. The minimum absolute atomic E-state index is 0.144. The molecule has 0 unspecified atom stereocenters. The number of Topliss-reactive ketones (excluding diaryl/α,β-unsaturated/α-hetero) is 6. The van der Waals surface area contributed by atoms with Crippen molar-refractivity contribution in [3.63, 3.8) is 0 Å². The van der Waals surface area contributed by atoms with Crippen molar-refractivity contribution in [2.75, 3.05) is 0 Å². The lowest BCUT2D eigenvalue weighted by Gasteiger charge is -2.14. The molecule has 0 saturated heterocycles. The molecule has 0 aliphatic heterocycles. The van der Waals surface area contributed by atoms with E-state index in [1.54, 1.807) is 0 Å². The van der Waals surface area contributed by atoms with Crippen LogP contribution in [0.25, 0.3) is 0 Å². The lowest BCUT2D eigenvalue weighted by Crippen LogP contribution is -2.17. The average molecular weight is 733 g/mol. The van der Waals surface area contributed by atoms with Crippen molar-refractivity contribution in [2.24, 2.45) is 0 Å². The maximum absolute atomic E-state index is 13.6. The van der Waals surface area contributed by atoms with Crippen LogP contribution < -0.4 is 0 Å². The Kier molecular flexibility index (Phi) is 12.8. The van der Waals surface area contributed by atoms with Crippen LogP contribution >= 0.6 is 0 Å². The van der Waals surface area contributed by atoms with Gasteiger partial charge in [0.2, 0.25) is 0 Å². The van der Waals surface area contributed by atoms with Crippen molar-refractivity contribution < 1.29 is 57.4 Å². The van der Waals surface area contributed by atoms with E-state index in [4.69, 9.17) is 14.2 Å². The van der Waals surface area contributed by atoms with Gasteiger partial charge in [-0.15, -0.1) is 0 Å². The van der Waals surface area contributed by atoms with Crippen LogP contribution in [0, 0.1) is 0 Å². The number of ketones is 6. The lowest BCUT2D eigenvalue weighted by atomic mass is 9.99. The molecule has 12 nitrogen and oxygen atoms in total. The van der Waals surface area contributed by atoms with Crippen molar-refractivity contribution in [1.29, 1.82) is 0 Å². The summed E-state index contributed by atoms with van der Waals surface area (Å²) in [5.41, 5.74) is 1.40. The molecule has 0 heterocycles. The van der Waals surface area contributed by atoms with Crippen molar-refractivity contribution in [1.82, 2.24) is 0 Å². The number of ether oxygens (including phenoxy) is 3. The second-order valence-electron chi connectivity index (χ2n) is 12.4. The first kappa shape index (κ1) is 40.1. The van der Waals surface area contributed by atoms with E-state index in [0.29, 0.717) is 16.7 Å². The summed E-state index contributed by atoms with van der Waals surface area (Å²) >= 11 is 0. The largest absolute Gasteiger partial charge is 0.457 e. The molecule has 0 N–H and O–H groups in total. The summed E-state index contributed by atoms with van der Waals surface area (Å²) < 4.78 is 16.4. The summed E-state index contributed by atoms with van der Waals surface area (Å²) in [6, 6.07) is 16.5. The molecule has 4 rings (SSSR count). The van der Waals surface area contributed by atoms with Gasteiger partial charge in [-0.1, -0.05) is 36.4 Å². The molecule has 0 amide bonds. The zero-order chi connectivity index (χ0) is 39.9. The summed E-state index contributed by atoms with van der Waals surface area (Å²) in [4.78, 5) is 113. The molecule has 0 bridgehead atoms. The maximum Gasteiger partial charge on any atom is 0.339 e. The molecule has 0 saturated carbocycles. The second-order valence-corrected chi connectivity index (χ2v) is 12.4. The van der Waals surface area contributed by atoms with Crippen LogP contribution in [0.2, 0.25) is 0 Å². The fourth-order valence-corrected chi connectivity index (χ4v) is 5.43. The highest BCUT2D eigenvalue weighted by molar-refractivity contribution is 6.06. The van der Waals surface area contributed by atoms with E-state index in [0.717, 1.165) is 12.1 Å². The van der Waals surface area contributed by atoms with Crippen LogP contribution in [0.15, 0.2) is 72.8 Å². The molecule has 0 spiro atoms. The minimum atomic E-state index is -1.07. The summed E-state index contributed by atoms with van der Waals surface area (Å²) in [5.74, 6) is -4.92. The first-order valence-electron chi connectivity index (χ1n) is 16.6. The summed E-state index contributed by atoms with van der Waals surface area (Å²) in [6.45, 7) is 6.71. The van der Waals surface area contributed by atoms with Crippen molar-refractivity contribution in [3.05, 3.63) is 140 Å². The van der Waals surface area contributed by atoms with Crippen LogP contribution in [0.1, 0.15) is 151 Å². The Labute approximate surface area is 310 Å². The predicted molar refractivity (Wildman–Crippen MR) is 193 cm³/mol. The molecule has 0 aliphatic rings. The molecule has 0 aliphatic carbocycles. The maximum atomic E-state index is 13.6. The van der Waals surface area contributed by atoms with E-state index in [1.807, 2.05) is 0 Å². The van der Waals surface area contributed by atoms with Crippen molar-refractivity contribution in [2.45, 2.75) is 61.4 Å². The highest BCUT2D eigenvalue weighted by Crippen LogP contribution is 2.22. The lowest BCUT2D eigenvalue weighted by molar-refractivity contribution is 0.0421. The van der Waals surface area contributed by atoms with Gasteiger partial charge in [-0.3, -0.25) is 28.8 Å². The number of esters is 3. The molecule has 0 aromatic heterocycles. The molecule has 4 aromatic carbocycles. The van der Waals surface area contributed by atoms with E-state index in [9.17, 15) is 43.2 Å².